The summed E-state index contributed by atoms with van der Waals surface area (Å²) in [5.74, 6) is 0.977. The summed E-state index contributed by atoms with van der Waals surface area (Å²) in [6.45, 7) is 7.21. The van der Waals surface area contributed by atoms with Crippen LogP contribution in [0.3, 0.4) is 0 Å². The number of benzene rings is 2. The molecule has 1 amide bonds. The van der Waals surface area contributed by atoms with Crippen LogP contribution >= 0.6 is 0 Å². The van der Waals surface area contributed by atoms with Crippen LogP contribution in [0.1, 0.15) is 86.2 Å². The summed E-state index contributed by atoms with van der Waals surface area (Å²) in [6.07, 6.45) is 10.8. The lowest BCUT2D eigenvalue weighted by Gasteiger charge is -2.60. The van der Waals surface area contributed by atoms with E-state index >= 15 is 0 Å². The van der Waals surface area contributed by atoms with Gasteiger partial charge in [-0.05, 0) is 111 Å². The number of rotatable bonds is 19. The quantitative estimate of drug-likeness (QED) is 0.0715. The van der Waals surface area contributed by atoms with E-state index in [9.17, 15) is 15.0 Å². The summed E-state index contributed by atoms with van der Waals surface area (Å²) < 4.78 is 32.4. The molecular formula is C47H57N3O9. The monoisotopic (exact) mass is 807 g/mol. The van der Waals surface area contributed by atoms with E-state index in [1.54, 1.807) is 13.2 Å². The molecule has 0 radical (unpaired) electrons. The zero-order valence-electron chi connectivity index (χ0n) is 34.2. The third kappa shape index (κ3) is 8.45. The second-order valence-corrected chi connectivity index (χ2v) is 16.4. The number of carbonyl (C=O) groups is 1. The molecule has 2 fully saturated rings. The first-order valence-corrected chi connectivity index (χ1v) is 21.2. The van der Waals surface area contributed by atoms with Crippen molar-refractivity contribution < 1.29 is 43.5 Å². The lowest BCUT2D eigenvalue weighted by atomic mass is 9.55. The van der Waals surface area contributed by atoms with E-state index in [4.69, 9.17) is 33.7 Å². The number of fused-ring (bicyclic) bond motifs is 3. The van der Waals surface area contributed by atoms with Crippen LogP contribution in [0.4, 0.5) is 0 Å². The first-order valence-electron chi connectivity index (χ1n) is 21.2. The number of aliphatic hydroxyl groups is 2. The van der Waals surface area contributed by atoms with Gasteiger partial charge in [0.15, 0.2) is 11.5 Å². The Kier molecular flexibility index (Phi) is 12.6. The van der Waals surface area contributed by atoms with Crippen LogP contribution in [-0.4, -0.2) is 77.3 Å². The van der Waals surface area contributed by atoms with E-state index < -0.39 is 17.7 Å². The van der Waals surface area contributed by atoms with Gasteiger partial charge in [-0.25, -0.2) is 0 Å². The number of aryl methyl sites for hydroxylation is 1. The molecule has 5 aliphatic rings. The molecule has 2 aromatic carbocycles. The molecule has 3 heterocycles. The van der Waals surface area contributed by atoms with Gasteiger partial charge in [0.05, 0.1) is 23.9 Å². The third-order valence-corrected chi connectivity index (χ3v) is 12.6. The molecule has 314 valence electrons. The Labute approximate surface area is 346 Å². The number of carbonyl (C=O) groups excluding carboxylic acids is 1. The maximum Gasteiger partial charge on any atom is 0.239 e. The van der Waals surface area contributed by atoms with Crippen molar-refractivity contribution in [1.82, 2.24) is 9.88 Å². The van der Waals surface area contributed by atoms with Crippen LogP contribution in [0.5, 0.6) is 23.0 Å². The van der Waals surface area contributed by atoms with Crippen molar-refractivity contribution in [2.45, 2.75) is 95.6 Å². The van der Waals surface area contributed by atoms with Crippen molar-refractivity contribution in [3.8, 4) is 23.0 Å². The Morgan fingerprint density at radius 2 is 1.81 bits per heavy atom. The first-order chi connectivity index (χ1) is 28.9. The molecule has 2 aliphatic heterocycles. The van der Waals surface area contributed by atoms with Crippen molar-refractivity contribution in [2.24, 2.45) is 28.8 Å². The van der Waals surface area contributed by atoms with E-state index in [2.05, 4.69) is 23.7 Å². The number of ether oxygens (including phenoxy) is 5. The second kappa shape index (κ2) is 18.1. The number of allylic oxidation sites excluding steroid dienone is 1. The minimum Gasteiger partial charge on any atom is -0.487 e. The fourth-order valence-corrected chi connectivity index (χ4v) is 9.83. The smallest absolute Gasteiger partial charge is 0.239 e. The number of oxime groups is 1. The molecule has 3 aliphatic carbocycles. The van der Waals surface area contributed by atoms with E-state index in [1.807, 2.05) is 60.4 Å². The van der Waals surface area contributed by atoms with Crippen LogP contribution in [0.25, 0.3) is 0 Å². The molecule has 2 saturated carbocycles. The van der Waals surface area contributed by atoms with Crippen molar-refractivity contribution in [3.05, 3.63) is 101 Å². The van der Waals surface area contributed by atoms with Crippen LogP contribution in [0.2, 0.25) is 0 Å². The summed E-state index contributed by atoms with van der Waals surface area (Å²) >= 11 is 0. The van der Waals surface area contributed by atoms with Crippen LogP contribution < -0.4 is 18.9 Å². The number of hydrogen-bond acceptors (Lipinski definition) is 11. The highest BCUT2D eigenvalue weighted by atomic mass is 16.7. The van der Waals surface area contributed by atoms with Crippen LogP contribution in [0, 0.1) is 30.6 Å². The van der Waals surface area contributed by atoms with Gasteiger partial charge in [0, 0.05) is 49.3 Å². The van der Waals surface area contributed by atoms with Gasteiger partial charge < -0.3 is 43.6 Å². The predicted octanol–water partition coefficient (Wildman–Crippen LogP) is 7.40. The zero-order chi connectivity index (χ0) is 40.9. The van der Waals surface area contributed by atoms with Gasteiger partial charge in [-0.2, -0.15) is 0 Å². The van der Waals surface area contributed by atoms with E-state index in [0.717, 1.165) is 72.3 Å². The van der Waals surface area contributed by atoms with Gasteiger partial charge in [-0.1, -0.05) is 42.3 Å². The highest BCUT2D eigenvalue weighted by molar-refractivity contribution is 6.03. The standard InChI is InChI=1S/C47H57N3O9/c1-4-22-58-47-43(50(46(53)32-15-16-32)27-31-14-18-41-42(23-31)57-29-56-41)26-39(49-54-3)37-24-33(11-5-7-20-51)36(13-6-8-21-52)44(45(37)47)38-25-35(17-19-40(38)59-47)55-28-34-12-9-10-30(2)48-34/h4,9-10,12,14,17-19,23-25,32-33,36,43-45,51-52H,1,5-8,11,13,15-16,20-22,26-29H2,2-3H3/t33-,36+,43-,44+,45+,47+/m0/s1. The van der Waals surface area contributed by atoms with Gasteiger partial charge >= 0.3 is 0 Å². The lowest BCUT2D eigenvalue weighted by Crippen LogP contribution is -2.70. The van der Waals surface area contributed by atoms with Crippen molar-refractivity contribution >= 4 is 11.6 Å². The molecule has 0 unspecified atom stereocenters. The van der Waals surface area contributed by atoms with Crippen LogP contribution in [-0.2, 0) is 27.5 Å². The second-order valence-electron chi connectivity index (χ2n) is 16.4. The number of pyridine rings is 1. The molecule has 0 spiro atoms. The summed E-state index contributed by atoms with van der Waals surface area (Å²) in [5.41, 5.74) is 5.42. The maximum absolute atomic E-state index is 14.8. The number of aromatic nitrogens is 1. The predicted molar refractivity (Wildman–Crippen MR) is 221 cm³/mol. The average Bonchev–Trinajstić information content (AvgIpc) is 3.99. The summed E-state index contributed by atoms with van der Waals surface area (Å²) in [5, 5.41) is 24.5. The minimum absolute atomic E-state index is 0.0510. The fourth-order valence-electron chi connectivity index (χ4n) is 9.83. The van der Waals surface area contributed by atoms with Gasteiger partial charge in [0.1, 0.15) is 31.3 Å². The lowest BCUT2D eigenvalue weighted by molar-refractivity contribution is -0.258. The molecule has 2 N–H and O–H groups in total. The zero-order valence-corrected chi connectivity index (χ0v) is 34.2. The molecule has 3 aromatic rings. The topological polar surface area (TPSA) is 141 Å². The Balaban J connectivity index is 1.29. The number of nitrogens with zero attached hydrogens (tertiary/aromatic N) is 3. The molecule has 1 aromatic heterocycles. The Morgan fingerprint density at radius 3 is 2.58 bits per heavy atom. The van der Waals surface area contributed by atoms with Crippen LogP contribution in [0.15, 0.2) is 84.1 Å². The van der Waals surface area contributed by atoms with Gasteiger partial charge in [-0.15, -0.1) is 6.58 Å². The summed E-state index contributed by atoms with van der Waals surface area (Å²) in [7, 11) is 1.56. The molecule has 0 saturated heterocycles. The highest BCUT2D eigenvalue weighted by Crippen LogP contribution is 2.62. The molecule has 12 nitrogen and oxygen atoms in total. The van der Waals surface area contributed by atoms with Crippen molar-refractivity contribution in [1.29, 1.82) is 0 Å². The SMILES string of the molecule is C=CCO[C@@]12Oc3ccc(OCc4cccc(C)n4)cc3[C@H]3[C@H](CCCCO)[C@@H](CCCCO)C=C(C(=NOC)C[C@@H]1N(Cc1ccc4c(c1)OCO4)C(=O)C1CC1)[C@H]32. The first kappa shape index (κ1) is 40.9. The molecule has 8 rings (SSSR count). The van der Waals surface area contributed by atoms with Gasteiger partial charge in [0.25, 0.3) is 0 Å². The maximum atomic E-state index is 14.8. The van der Waals surface area contributed by atoms with E-state index in [0.29, 0.717) is 55.4 Å². The van der Waals surface area contributed by atoms with Crippen molar-refractivity contribution in [2.75, 3.05) is 33.7 Å². The highest BCUT2D eigenvalue weighted by Gasteiger charge is 2.66. The third-order valence-electron chi connectivity index (χ3n) is 12.6. The largest absolute Gasteiger partial charge is 0.487 e. The van der Waals surface area contributed by atoms with E-state index in [-0.39, 0.29) is 56.2 Å². The molecular weight excluding hydrogens is 751 g/mol. The van der Waals surface area contributed by atoms with E-state index in [1.165, 1.54) is 0 Å². The number of hydrogen-bond donors (Lipinski definition) is 2. The number of unbranched alkanes of at least 4 members (excludes halogenated alkanes) is 2. The molecule has 59 heavy (non-hydrogen) atoms. The molecule has 12 heteroatoms. The van der Waals surface area contributed by atoms with Gasteiger partial charge in [0.2, 0.25) is 18.5 Å². The molecule has 6 atom stereocenters. The van der Waals surface area contributed by atoms with Gasteiger partial charge in [-0.3, -0.25) is 9.78 Å². The normalized spacial score (nSPS) is 25.7. The fraction of sp³-hybridized carbons (Fsp3) is 0.511. The Morgan fingerprint density at radius 1 is 1.02 bits per heavy atom. The van der Waals surface area contributed by atoms with Crippen molar-refractivity contribution in [3.63, 3.8) is 0 Å². The summed E-state index contributed by atoms with van der Waals surface area (Å²) in [6, 6.07) is 17.2. The number of aliphatic hydroxyl groups excluding tert-OH is 2. The summed E-state index contributed by atoms with van der Waals surface area (Å²) in [4.78, 5) is 27.0. The minimum atomic E-state index is -1.34. The Bertz CT molecular complexity index is 2050. The number of amides is 1. The molecule has 0 bridgehead atoms. The Hall–Kier alpha value is -4.91. The average molecular weight is 808 g/mol.